The number of benzene rings is 2. The number of hydrogen-bond donors (Lipinski definition) is 1. The predicted octanol–water partition coefficient (Wildman–Crippen LogP) is 2.03. The minimum Gasteiger partial charge on any atom is -0.347 e. The summed E-state index contributed by atoms with van der Waals surface area (Å²) < 4.78 is 33.7. The second-order valence-electron chi connectivity index (χ2n) is 4.85. The molecule has 2 N–H and O–H groups in total. The average Bonchev–Trinajstić information content (AvgIpc) is 2.51. The number of nitrogens with two attached hydrogens (primary N) is 1. The summed E-state index contributed by atoms with van der Waals surface area (Å²) in [6.45, 7) is 0.519. The molecule has 0 unspecified atom stereocenters. The summed E-state index contributed by atoms with van der Waals surface area (Å²) >= 11 is 0. The zero-order valence-electron chi connectivity index (χ0n) is 12.1. The van der Waals surface area contributed by atoms with Crippen LogP contribution in [0.25, 0.3) is 0 Å². The summed E-state index contributed by atoms with van der Waals surface area (Å²) in [5.74, 6) is -0.382. The molecule has 118 valence electrons. The molecule has 2 aromatic carbocycles. The number of primary sulfonamides is 1. The quantitative estimate of drug-likeness (QED) is 0.755. The van der Waals surface area contributed by atoms with Crippen molar-refractivity contribution in [2.24, 2.45) is 5.14 Å². The maximum absolute atomic E-state index is 11.3. The highest BCUT2D eigenvalue weighted by molar-refractivity contribution is 7.89. The standard InChI is InChI=1S/C16H19NO4S/c17-22(18,19)13-16(20-11-14-7-3-1-4-8-14)21-12-15-9-5-2-6-10-15/h1-10,16H,11-13H2,(H2,17,18,19). The highest BCUT2D eigenvalue weighted by Gasteiger charge is 2.17. The molecule has 0 fully saturated rings. The van der Waals surface area contributed by atoms with E-state index in [1.54, 1.807) is 0 Å². The molecule has 5 nitrogen and oxygen atoms in total. The van der Waals surface area contributed by atoms with E-state index in [4.69, 9.17) is 14.6 Å². The van der Waals surface area contributed by atoms with Crippen LogP contribution in [0.15, 0.2) is 60.7 Å². The van der Waals surface area contributed by atoms with Crippen molar-refractivity contribution in [3.8, 4) is 0 Å². The van der Waals surface area contributed by atoms with E-state index in [0.29, 0.717) is 0 Å². The van der Waals surface area contributed by atoms with Crippen LogP contribution in [-0.4, -0.2) is 20.5 Å². The number of hydrogen-bond acceptors (Lipinski definition) is 4. The lowest BCUT2D eigenvalue weighted by Crippen LogP contribution is -2.31. The molecule has 22 heavy (non-hydrogen) atoms. The highest BCUT2D eigenvalue weighted by Crippen LogP contribution is 2.09. The van der Waals surface area contributed by atoms with Crippen LogP contribution < -0.4 is 5.14 Å². The SMILES string of the molecule is NS(=O)(=O)CC(OCc1ccccc1)OCc1ccccc1. The van der Waals surface area contributed by atoms with Crippen LogP contribution in [0.3, 0.4) is 0 Å². The van der Waals surface area contributed by atoms with Gasteiger partial charge in [0.1, 0.15) is 5.75 Å². The molecule has 0 atom stereocenters. The predicted molar refractivity (Wildman–Crippen MR) is 84.2 cm³/mol. The molecule has 0 saturated carbocycles. The molecule has 0 aliphatic rings. The van der Waals surface area contributed by atoms with Gasteiger partial charge in [0.2, 0.25) is 10.0 Å². The zero-order chi connectivity index (χ0) is 15.8. The number of ether oxygens (including phenoxy) is 2. The van der Waals surface area contributed by atoms with E-state index < -0.39 is 16.3 Å². The molecule has 0 heterocycles. The van der Waals surface area contributed by atoms with Crippen molar-refractivity contribution in [1.82, 2.24) is 0 Å². The minimum atomic E-state index is -3.68. The first-order chi connectivity index (χ1) is 10.5. The Labute approximate surface area is 130 Å². The third-order valence-electron chi connectivity index (χ3n) is 2.93. The van der Waals surface area contributed by atoms with Crippen LogP contribution >= 0.6 is 0 Å². The van der Waals surface area contributed by atoms with Gasteiger partial charge in [0.25, 0.3) is 0 Å². The maximum Gasteiger partial charge on any atom is 0.214 e. The van der Waals surface area contributed by atoms with Gasteiger partial charge in [-0.15, -0.1) is 0 Å². The van der Waals surface area contributed by atoms with Crippen molar-refractivity contribution in [3.63, 3.8) is 0 Å². The van der Waals surface area contributed by atoms with Crippen molar-refractivity contribution in [1.29, 1.82) is 0 Å². The highest BCUT2D eigenvalue weighted by atomic mass is 32.2. The molecule has 0 aromatic heterocycles. The Morgan fingerprint density at radius 3 is 1.59 bits per heavy atom. The van der Waals surface area contributed by atoms with Gasteiger partial charge in [0, 0.05) is 0 Å². The molecule has 0 aliphatic carbocycles. The van der Waals surface area contributed by atoms with Crippen LogP contribution in [0.5, 0.6) is 0 Å². The van der Waals surface area contributed by atoms with Gasteiger partial charge in [-0.3, -0.25) is 0 Å². The summed E-state index contributed by atoms with van der Waals surface area (Å²) in [5, 5.41) is 5.09. The van der Waals surface area contributed by atoms with E-state index in [9.17, 15) is 8.42 Å². The summed E-state index contributed by atoms with van der Waals surface area (Å²) in [4.78, 5) is 0. The molecule has 6 heteroatoms. The maximum atomic E-state index is 11.3. The lowest BCUT2D eigenvalue weighted by molar-refractivity contribution is -0.142. The lowest BCUT2D eigenvalue weighted by atomic mass is 10.2. The normalized spacial score (nSPS) is 11.7. The Kier molecular flexibility index (Phi) is 6.09. The zero-order valence-corrected chi connectivity index (χ0v) is 12.9. The van der Waals surface area contributed by atoms with Gasteiger partial charge in [-0.1, -0.05) is 60.7 Å². The van der Waals surface area contributed by atoms with Gasteiger partial charge >= 0.3 is 0 Å². The molecule has 0 aliphatic heterocycles. The largest absolute Gasteiger partial charge is 0.347 e. The van der Waals surface area contributed by atoms with Crippen LogP contribution in [0.4, 0.5) is 0 Å². The fourth-order valence-corrected chi connectivity index (χ4v) is 2.43. The molecule has 0 amide bonds. The van der Waals surface area contributed by atoms with Crippen molar-refractivity contribution in [2.75, 3.05) is 5.75 Å². The number of sulfonamides is 1. The molecule has 0 bridgehead atoms. The van der Waals surface area contributed by atoms with Gasteiger partial charge < -0.3 is 9.47 Å². The molecular formula is C16H19NO4S. The van der Waals surface area contributed by atoms with Crippen molar-refractivity contribution < 1.29 is 17.9 Å². The van der Waals surface area contributed by atoms with Gasteiger partial charge in [0.15, 0.2) is 6.29 Å². The van der Waals surface area contributed by atoms with E-state index in [2.05, 4.69) is 0 Å². The van der Waals surface area contributed by atoms with E-state index in [0.717, 1.165) is 11.1 Å². The van der Waals surface area contributed by atoms with E-state index in [1.165, 1.54) is 0 Å². The Bertz CT molecular complexity index is 616. The van der Waals surface area contributed by atoms with Gasteiger partial charge in [-0.05, 0) is 11.1 Å². The molecule has 0 radical (unpaired) electrons. The summed E-state index contributed by atoms with van der Waals surface area (Å²) in [5.41, 5.74) is 1.87. The van der Waals surface area contributed by atoms with E-state index in [-0.39, 0.29) is 19.0 Å². The second kappa shape index (κ2) is 8.05. The fraction of sp³-hybridized carbons (Fsp3) is 0.250. The summed E-state index contributed by atoms with van der Waals surface area (Å²) in [6, 6.07) is 18.9. The average molecular weight is 321 g/mol. The van der Waals surface area contributed by atoms with Crippen molar-refractivity contribution in [3.05, 3.63) is 71.8 Å². The third-order valence-corrected chi connectivity index (χ3v) is 3.66. The van der Waals surface area contributed by atoms with Gasteiger partial charge in [-0.2, -0.15) is 0 Å². The van der Waals surface area contributed by atoms with Crippen LogP contribution in [0.2, 0.25) is 0 Å². The monoisotopic (exact) mass is 321 g/mol. The minimum absolute atomic E-state index is 0.260. The second-order valence-corrected chi connectivity index (χ2v) is 6.51. The van der Waals surface area contributed by atoms with Crippen LogP contribution in [-0.2, 0) is 32.7 Å². The van der Waals surface area contributed by atoms with Crippen molar-refractivity contribution >= 4 is 10.0 Å². The van der Waals surface area contributed by atoms with Gasteiger partial charge in [-0.25, -0.2) is 13.6 Å². The van der Waals surface area contributed by atoms with Crippen LogP contribution in [0.1, 0.15) is 11.1 Å². The first-order valence-electron chi connectivity index (χ1n) is 6.84. The topological polar surface area (TPSA) is 78.6 Å². The summed E-state index contributed by atoms with van der Waals surface area (Å²) in [7, 11) is -3.68. The van der Waals surface area contributed by atoms with Crippen molar-refractivity contribution in [2.45, 2.75) is 19.5 Å². The third kappa shape index (κ3) is 6.36. The molecular weight excluding hydrogens is 302 g/mol. The molecule has 2 aromatic rings. The molecule has 0 spiro atoms. The molecule has 2 rings (SSSR count). The Hall–Kier alpha value is -1.73. The first kappa shape index (κ1) is 16.6. The Morgan fingerprint density at radius 1 is 0.818 bits per heavy atom. The first-order valence-corrected chi connectivity index (χ1v) is 8.56. The lowest BCUT2D eigenvalue weighted by Gasteiger charge is -2.18. The Balaban J connectivity index is 1.93. The number of rotatable bonds is 8. The van der Waals surface area contributed by atoms with E-state index >= 15 is 0 Å². The van der Waals surface area contributed by atoms with Gasteiger partial charge in [0.05, 0.1) is 13.2 Å². The molecule has 0 saturated heterocycles. The summed E-state index contributed by atoms with van der Waals surface area (Å²) in [6.07, 6.45) is -0.907. The fourth-order valence-electron chi connectivity index (χ4n) is 1.86. The Morgan fingerprint density at radius 2 is 1.23 bits per heavy atom. The van der Waals surface area contributed by atoms with Crippen LogP contribution in [0, 0.1) is 0 Å². The smallest absolute Gasteiger partial charge is 0.214 e. The van der Waals surface area contributed by atoms with E-state index in [1.807, 2.05) is 60.7 Å².